The van der Waals surface area contributed by atoms with Gasteiger partial charge in [-0.3, -0.25) is 0 Å². The van der Waals surface area contributed by atoms with Crippen molar-refractivity contribution in [3.05, 3.63) is 29.3 Å². The van der Waals surface area contributed by atoms with Crippen LogP contribution in [-0.4, -0.2) is 28.7 Å². The lowest BCUT2D eigenvalue weighted by atomic mass is 10.2. The molecule has 0 atom stereocenters. The summed E-state index contributed by atoms with van der Waals surface area (Å²) >= 11 is 0. The van der Waals surface area contributed by atoms with E-state index in [0.717, 1.165) is 11.1 Å². The van der Waals surface area contributed by atoms with Crippen LogP contribution in [0.4, 0.5) is 0 Å². The molecule has 0 fully saturated rings. The molecule has 0 radical (unpaired) electrons. The van der Waals surface area contributed by atoms with Gasteiger partial charge in [-0.15, -0.1) is 0 Å². The van der Waals surface area contributed by atoms with E-state index in [4.69, 9.17) is 4.74 Å². The molecule has 0 aromatic heterocycles. The van der Waals surface area contributed by atoms with Gasteiger partial charge in [0.15, 0.2) is 0 Å². The van der Waals surface area contributed by atoms with Gasteiger partial charge in [0.1, 0.15) is 0 Å². The molecule has 90 valence electrons. The molecular weight excluding hydrogens is 226 g/mol. The lowest BCUT2D eigenvalue weighted by molar-refractivity contribution is 0.204. The zero-order valence-corrected chi connectivity index (χ0v) is 10.6. The number of rotatable bonds is 5. The van der Waals surface area contributed by atoms with E-state index < -0.39 is 10.0 Å². The molecular formula is C11H17NO3S. The molecule has 0 aliphatic heterocycles. The van der Waals surface area contributed by atoms with Crippen LogP contribution in [0, 0.1) is 13.8 Å². The van der Waals surface area contributed by atoms with Crippen molar-refractivity contribution in [3.8, 4) is 0 Å². The van der Waals surface area contributed by atoms with Crippen molar-refractivity contribution in [2.45, 2.75) is 18.7 Å². The fourth-order valence-electron chi connectivity index (χ4n) is 1.46. The van der Waals surface area contributed by atoms with E-state index in [1.54, 1.807) is 19.1 Å². The number of methoxy groups -OCH3 is 1. The Balaban J connectivity index is 2.90. The summed E-state index contributed by atoms with van der Waals surface area (Å²) in [6, 6.07) is 5.27. The maximum absolute atomic E-state index is 11.9. The Morgan fingerprint density at radius 3 is 2.56 bits per heavy atom. The summed E-state index contributed by atoms with van der Waals surface area (Å²) < 4.78 is 31.0. The third-order valence-electron chi connectivity index (χ3n) is 2.22. The lowest BCUT2D eigenvalue weighted by Gasteiger charge is -2.09. The van der Waals surface area contributed by atoms with E-state index in [1.807, 2.05) is 13.0 Å². The molecule has 0 amide bonds. The number of ether oxygens (including phenoxy) is 1. The van der Waals surface area contributed by atoms with Gasteiger partial charge in [0.2, 0.25) is 10.0 Å². The minimum Gasteiger partial charge on any atom is -0.383 e. The topological polar surface area (TPSA) is 55.4 Å². The smallest absolute Gasteiger partial charge is 0.240 e. The van der Waals surface area contributed by atoms with Crippen LogP contribution < -0.4 is 4.72 Å². The first-order valence-corrected chi connectivity index (χ1v) is 6.51. The number of hydrogen-bond donors (Lipinski definition) is 1. The molecule has 0 bridgehead atoms. The van der Waals surface area contributed by atoms with Crippen LogP contribution in [0.5, 0.6) is 0 Å². The van der Waals surface area contributed by atoms with Crippen molar-refractivity contribution in [2.75, 3.05) is 20.3 Å². The Kier molecular flexibility index (Phi) is 4.46. The number of benzene rings is 1. The van der Waals surface area contributed by atoms with Gasteiger partial charge >= 0.3 is 0 Å². The molecule has 0 aliphatic rings. The highest BCUT2D eigenvalue weighted by molar-refractivity contribution is 7.89. The van der Waals surface area contributed by atoms with Gasteiger partial charge in [-0.1, -0.05) is 17.7 Å². The number of sulfonamides is 1. The Bertz CT molecular complexity index is 454. The second kappa shape index (κ2) is 5.43. The van der Waals surface area contributed by atoms with Crippen molar-refractivity contribution >= 4 is 10.0 Å². The van der Waals surface area contributed by atoms with E-state index in [2.05, 4.69) is 4.72 Å². The fourth-order valence-corrected chi connectivity index (χ4v) is 2.69. The van der Waals surface area contributed by atoms with Crippen LogP contribution in [0.1, 0.15) is 11.1 Å². The first kappa shape index (κ1) is 13.2. The van der Waals surface area contributed by atoms with Gasteiger partial charge in [-0.25, -0.2) is 13.1 Å². The Morgan fingerprint density at radius 2 is 2.00 bits per heavy atom. The molecule has 0 saturated carbocycles. The average molecular weight is 243 g/mol. The molecule has 1 aromatic rings. The zero-order valence-electron chi connectivity index (χ0n) is 9.78. The largest absolute Gasteiger partial charge is 0.383 e. The van der Waals surface area contributed by atoms with Crippen LogP contribution in [0.25, 0.3) is 0 Å². The zero-order chi connectivity index (χ0) is 12.2. The second-order valence-corrected chi connectivity index (χ2v) is 5.39. The Hall–Kier alpha value is -0.910. The van der Waals surface area contributed by atoms with Crippen molar-refractivity contribution in [2.24, 2.45) is 0 Å². The van der Waals surface area contributed by atoms with E-state index in [-0.39, 0.29) is 6.54 Å². The van der Waals surface area contributed by atoms with Crippen LogP contribution in [0.2, 0.25) is 0 Å². The minimum absolute atomic E-state index is 0.284. The van der Waals surface area contributed by atoms with E-state index in [9.17, 15) is 8.42 Å². The highest BCUT2D eigenvalue weighted by Gasteiger charge is 2.15. The average Bonchev–Trinajstić information content (AvgIpc) is 2.17. The highest BCUT2D eigenvalue weighted by Crippen LogP contribution is 2.15. The molecule has 0 aliphatic carbocycles. The summed E-state index contributed by atoms with van der Waals surface area (Å²) in [6.07, 6.45) is 0. The Morgan fingerprint density at radius 1 is 1.31 bits per heavy atom. The molecule has 0 saturated heterocycles. The lowest BCUT2D eigenvalue weighted by Crippen LogP contribution is -2.27. The van der Waals surface area contributed by atoms with Crippen molar-refractivity contribution in [1.29, 1.82) is 0 Å². The van der Waals surface area contributed by atoms with Crippen molar-refractivity contribution < 1.29 is 13.2 Å². The van der Waals surface area contributed by atoms with Crippen LogP contribution >= 0.6 is 0 Å². The van der Waals surface area contributed by atoms with E-state index in [0.29, 0.717) is 11.5 Å². The van der Waals surface area contributed by atoms with Gasteiger partial charge in [-0.2, -0.15) is 0 Å². The molecule has 16 heavy (non-hydrogen) atoms. The normalized spacial score (nSPS) is 11.7. The standard InChI is InChI=1S/C11H17NO3S/c1-9-4-5-11(10(2)8-9)16(13,14)12-6-7-15-3/h4-5,8,12H,6-7H2,1-3H3. The molecule has 1 rings (SSSR count). The SMILES string of the molecule is COCCNS(=O)(=O)c1ccc(C)cc1C. The summed E-state index contributed by atoms with van der Waals surface area (Å²) in [5.41, 5.74) is 1.80. The molecule has 0 unspecified atom stereocenters. The van der Waals surface area contributed by atoms with Gasteiger partial charge in [0, 0.05) is 13.7 Å². The van der Waals surface area contributed by atoms with Gasteiger partial charge in [-0.05, 0) is 25.5 Å². The maximum Gasteiger partial charge on any atom is 0.240 e. The van der Waals surface area contributed by atoms with E-state index >= 15 is 0 Å². The van der Waals surface area contributed by atoms with E-state index in [1.165, 1.54) is 7.11 Å². The predicted molar refractivity (Wildman–Crippen MR) is 63.0 cm³/mol. The molecule has 1 aromatic carbocycles. The van der Waals surface area contributed by atoms with Crippen LogP contribution in [0.3, 0.4) is 0 Å². The minimum atomic E-state index is -3.41. The predicted octanol–water partition coefficient (Wildman–Crippen LogP) is 1.23. The Labute approximate surface area is 96.7 Å². The van der Waals surface area contributed by atoms with Gasteiger partial charge in [0.25, 0.3) is 0 Å². The van der Waals surface area contributed by atoms with Crippen LogP contribution in [-0.2, 0) is 14.8 Å². The first-order chi connectivity index (χ1) is 7.47. The number of aryl methyl sites for hydroxylation is 2. The van der Waals surface area contributed by atoms with Gasteiger partial charge < -0.3 is 4.74 Å². The maximum atomic E-state index is 11.9. The molecule has 1 N–H and O–H groups in total. The van der Waals surface area contributed by atoms with Crippen LogP contribution in [0.15, 0.2) is 23.1 Å². The number of nitrogens with one attached hydrogen (secondary N) is 1. The first-order valence-electron chi connectivity index (χ1n) is 5.03. The molecule has 5 heteroatoms. The van der Waals surface area contributed by atoms with Crippen molar-refractivity contribution in [1.82, 2.24) is 4.72 Å². The third-order valence-corrected chi connectivity index (χ3v) is 3.84. The highest BCUT2D eigenvalue weighted by atomic mass is 32.2. The summed E-state index contributed by atoms with van der Waals surface area (Å²) in [6.45, 7) is 4.37. The summed E-state index contributed by atoms with van der Waals surface area (Å²) in [5, 5.41) is 0. The monoisotopic (exact) mass is 243 g/mol. The molecule has 4 nitrogen and oxygen atoms in total. The number of hydrogen-bond acceptors (Lipinski definition) is 3. The molecule has 0 spiro atoms. The van der Waals surface area contributed by atoms with Crippen molar-refractivity contribution in [3.63, 3.8) is 0 Å². The molecule has 0 heterocycles. The summed E-state index contributed by atoms with van der Waals surface area (Å²) in [5.74, 6) is 0. The quantitative estimate of drug-likeness (QED) is 0.791. The summed E-state index contributed by atoms with van der Waals surface area (Å²) in [4.78, 5) is 0.328. The second-order valence-electron chi connectivity index (χ2n) is 3.66. The summed E-state index contributed by atoms with van der Waals surface area (Å²) in [7, 11) is -1.88. The fraction of sp³-hybridized carbons (Fsp3) is 0.455. The third kappa shape index (κ3) is 3.30. The van der Waals surface area contributed by atoms with Gasteiger partial charge in [0.05, 0.1) is 11.5 Å².